The van der Waals surface area contributed by atoms with Crippen molar-refractivity contribution in [1.82, 2.24) is 29.1 Å². The van der Waals surface area contributed by atoms with Crippen LogP contribution in [0.3, 0.4) is 0 Å². The van der Waals surface area contributed by atoms with E-state index in [1.54, 1.807) is 12.3 Å². The highest BCUT2D eigenvalue weighted by molar-refractivity contribution is 6.29. The number of hydrogen-bond acceptors (Lipinski definition) is 7. The van der Waals surface area contributed by atoms with E-state index in [4.69, 9.17) is 23.1 Å². The maximum Gasteiger partial charge on any atom is 0.129 e. The molecule has 5 N–H and O–H groups in total. The summed E-state index contributed by atoms with van der Waals surface area (Å²) in [5.41, 5.74) is 14.8. The van der Waals surface area contributed by atoms with E-state index in [-0.39, 0.29) is 0 Å². The van der Waals surface area contributed by atoms with Crippen LogP contribution in [0.15, 0.2) is 61.7 Å². The molecule has 0 amide bonds. The molecule has 4 rings (SSSR count). The van der Waals surface area contributed by atoms with Crippen molar-refractivity contribution in [2.45, 2.75) is 38.8 Å². The third-order valence-electron chi connectivity index (χ3n) is 5.35. The number of pyridine rings is 2. The molecule has 0 unspecified atom stereocenters. The number of unbranched alkanes of at least 4 members (excludes halogenated alkanes) is 2. The Bertz CT molecular complexity index is 1120. The van der Waals surface area contributed by atoms with Crippen LogP contribution in [0.2, 0.25) is 5.15 Å². The molecule has 4 heterocycles. The average molecular weight is 496 g/mol. The zero-order valence-electron chi connectivity index (χ0n) is 20.1. The number of aryl methyl sites for hydroxylation is 2. The molecular weight excluding hydrogens is 462 g/mol. The highest BCUT2D eigenvalue weighted by atomic mass is 35.5. The number of rotatable bonds is 11. The number of nitrogens with two attached hydrogens (primary N) is 2. The minimum atomic E-state index is 0.496. The molecular formula is C25H34ClN9. The molecule has 0 saturated carbocycles. The van der Waals surface area contributed by atoms with Gasteiger partial charge in [0, 0.05) is 56.1 Å². The molecule has 35 heavy (non-hydrogen) atoms. The van der Waals surface area contributed by atoms with Gasteiger partial charge in [-0.1, -0.05) is 11.6 Å². The van der Waals surface area contributed by atoms with E-state index >= 15 is 0 Å². The van der Waals surface area contributed by atoms with Crippen LogP contribution in [0.5, 0.6) is 0 Å². The first kappa shape index (κ1) is 26.3. The molecule has 10 heteroatoms. The van der Waals surface area contributed by atoms with Gasteiger partial charge in [-0.15, -0.1) is 0 Å². The first-order chi connectivity index (χ1) is 17.1. The van der Waals surface area contributed by atoms with E-state index in [0.717, 1.165) is 80.2 Å². The molecule has 0 bridgehead atoms. The van der Waals surface area contributed by atoms with Gasteiger partial charge in [0.15, 0.2) is 0 Å². The Morgan fingerprint density at radius 1 is 0.743 bits per heavy atom. The summed E-state index contributed by atoms with van der Waals surface area (Å²) in [5.74, 6) is 0.862. The van der Waals surface area contributed by atoms with Gasteiger partial charge < -0.3 is 25.9 Å². The lowest BCUT2D eigenvalue weighted by molar-refractivity contribution is 0.614. The molecule has 0 aliphatic rings. The molecule has 0 atom stereocenters. The molecule has 0 aromatic carbocycles. The Labute approximate surface area is 211 Å². The predicted octanol–water partition coefficient (Wildman–Crippen LogP) is 4.06. The Balaban J connectivity index is 0.000000196. The van der Waals surface area contributed by atoms with Crippen LogP contribution in [0.25, 0.3) is 22.5 Å². The van der Waals surface area contributed by atoms with Crippen LogP contribution < -0.4 is 16.8 Å². The molecule has 9 nitrogen and oxygen atoms in total. The minimum Gasteiger partial charge on any atom is -0.373 e. The molecule has 0 fully saturated rings. The molecule has 0 aliphatic carbocycles. The molecule has 0 aliphatic heterocycles. The summed E-state index contributed by atoms with van der Waals surface area (Å²) in [7, 11) is 1.86. The van der Waals surface area contributed by atoms with Gasteiger partial charge in [-0.2, -0.15) is 0 Å². The Hall–Kier alpha value is -3.27. The fraction of sp³-hybridized carbons (Fsp3) is 0.360. The summed E-state index contributed by atoms with van der Waals surface area (Å²) >= 11 is 5.74. The molecule has 0 spiro atoms. The number of anilines is 1. The molecule has 0 saturated heterocycles. The van der Waals surface area contributed by atoms with E-state index < -0.39 is 0 Å². The number of halogens is 1. The highest BCUT2D eigenvalue weighted by Crippen LogP contribution is 2.18. The van der Waals surface area contributed by atoms with Gasteiger partial charge in [-0.05, 0) is 63.0 Å². The molecule has 0 radical (unpaired) electrons. The van der Waals surface area contributed by atoms with E-state index in [1.165, 1.54) is 0 Å². The fourth-order valence-electron chi connectivity index (χ4n) is 3.36. The van der Waals surface area contributed by atoms with Gasteiger partial charge in [0.25, 0.3) is 0 Å². The second kappa shape index (κ2) is 14.2. The topological polar surface area (TPSA) is 125 Å². The Morgan fingerprint density at radius 3 is 1.71 bits per heavy atom. The van der Waals surface area contributed by atoms with Gasteiger partial charge in [0.05, 0.1) is 24.0 Å². The Morgan fingerprint density at radius 2 is 1.29 bits per heavy atom. The van der Waals surface area contributed by atoms with Crippen molar-refractivity contribution in [1.29, 1.82) is 0 Å². The van der Waals surface area contributed by atoms with Crippen molar-refractivity contribution in [3.8, 4) is 22.5 Å². The SMILES string of the molecule is CNc1ccc(-c2cn(CCCCN)cn2)cn1.NCCCCn1cnc(-c2ccc(Cl)nc2)c1. The predicted molar refractivity (Wildman–Crippen MR) is 142 cm³/mol. The molecule has 4 aromatic rings. The summed E-state index contributed by atoms with van der Waals surface area (Å²) in [6.45, 7) is 3.40. The third-order valence-corrected chi connectivity index (χ3v) is 5.57. The van der Waals surface area contributed by atoms with Crippen LogP contribution in [0.1, 0.15) is 25.7 Å². The van der Waals surface area contributed by atoms with Crippen LogP contribution in [-0.4, -0.2) is 49.2 Å². The zero-order chi connectivity index (χ0) is 24.9. The van der Waals surface area contributed by atoms with Gasteiger partial charge in [0.1, 0.15) is 11.0 Å². The highest BCUT2D eigenvalue weighted by Gasteiger charge is 2.04. The largest absolute Gasteiger partial charge is 0.373 e. The van der Waals surface area contributed by atoms with E-state index in [9.17, 15) is 0 Å². The monoisotopic (exact) mass is 495 g/mol. The normalized spacial score (nSPS) is 10.6. The van der Waals surface area contributed by atoms with Crippen LogP contribution in [-0.2, 0) is 13.1 Å². The van der Waals surface area contributed by atoms with Crippen LogP contribution >= 0.6 is 11.6 Å². The van der Waals surface area contributed by atoms with E-state index in [0.29, 0.717) is 5.15 Å². The quantitative estimate of drug-likeness (QED) is 0.211. The number of nitrogens with one attached hydrogen (secondary N) is 1. The Kier molecular flexibility index (Phi) is 10.7. The van der Waals surface area contributed by atoms with Gasteiger partial charge >= 0.3 is 0 Å². The molecule has 4 aromatic heterocycles. The number of nitrogens with zero attached hydrogens (tertiary/aromatic N) is 6. The summed E-state index contributed by atoms with van der Waals surface area (Å²) in [6, 6.07) is 7.65. The van der Waals surface area contributed by atoms with Gasteiger partial charge in [-0.25, -0.2) is 19.9 Å². The lowest BCUT2D eigenvalue weighted by atomic mass is 10.2. The second-order valence-corrected chi connectivity index (χ2v) is 8.42. The first-order valence-electron chi connectivity index (χ1n) is 11.8. The maximum atomic E-state index is 5.74. The fourth-order valence-corrected chi connectivity index (χ4v) is 3.47. The smallest absolute Gasteiger partial charge is 0.129 e. The van der Waals surface area contributed by atoms with Crippen LogP contribution in [0.4, 0.5) is 5.82 Å². The standard InChI is InChI=1S/C13H19N5.C12H15ClN4/c1-15-13-5-4-11(8-16-13)12-9-18(10-17-12)7-3-2-6-14;13-12-4-3-10(7-15-12)11-8-17(9-16-11)6-2-1-5-14/h4-5,8-10H,2-3,6-7,14H2,1H3,(H,15,16);3-4,7-9H,1-2,5-6,14H2. The number of hydrogen-bond donors (Lipinski definition) is 3. The first-order valence-corrected chi connectivity index (χ1v) is 12.2. The zero-order valence-corrected chi connectivity index (χ0v) is 20.9. The third kappa shape index (κ3) is 8.47. The summed E-state index contributed by atoms with van der Waals surface area (Å²) in [5, 5.41) is 3.49. The second-order valence-electron chi connectivity index (χ2n) is 8.04. The van der Waals surface area contributed by atoms with Gasteiger partial charge in [0.2, 0.25) is 0 Å². The van der Waals surface area contributed by atoms with Crippen molar-refractivity contribution in [2.75, 3.05) is 25.5 Å². The number of imidazole rings is 2. The summed E-state index contributed by atoms with van der Waals surface area (Å²) in [4.78, 5) is 17.1. The summed E-state index contributed by atoms with van der Waals surface area (Å²) < 4.78 is 4.16. The summed E-state index contributed by atoms with van der Waals surface area (Å²) in [6.07, 6.45) is 15.6. The lowest BCUT2D eigenvalue weighted by Crippen LogP contribution is -2.01. The average Bonchev–Trinajstić information content (AvgIpc) is 3.56. The minimum absolute atomic E-state index is 0.496. The van der Waals surface area contributed by atoms with Crippen LogP contribution in [0, 0.1) is 0 Å². The van der Waals surface area contributed by atoms with Crippen molar-refractivity contribution in [2.24, 2.45) is 11.5 Å². The van der Waals surface area contributed by atoms with Crippen molar-refractivity contribution in [3.63, 3.8) is 0 Å². The van der Waals surface area contributed by atoms with Crippen molar-refractivity contribution < 1.29 is 0 Å². The van der Waals surface area contributed by atoms with Crippen molar-refractivity contribution >= 4 is 17.4 Å². The number of aromatic nitrogens is 6. The molecule has 186 valence electrons. The van der Waals surface area contributed by atoms with Gasteiger partial charge in [-0.3, -0.25) is 0 Å². The van der Waals surface area contributed by atoms with E-state index in [2.05, 4.69) is 34.4 Å². The maximum absolute atomic E-state index is 5.74. The van der Waals surface area contributed by atoms with E-state index in [1.807, 2.05) is 56.5 Å². The lowest BCUT2D eigenvalue weighted by Gasteiger charge is -2.01. The van der Waals surface area contributed by atoms with Crippen molar-refractivity contribution in [3.05, 3.63) is 66.9 Å².